The number of halogens is 1. The number of carboxylic acid groups (broad SMARTS) is 2. The summed E-state index contributed by atoms with van der Waals surface area (Å²) in [6.07, 6.45) is 0. The Bertz CT molecular complexity index is 911. The smallest absolute Gasteiger partial charge is 0.337 e. The predicted octanol–water partition coefficient (Wildman–Crippen LogP) is 2.47. The van der Waals surface area contributed by atoms with E-state index in [-0.39, 0.29) is 16.3 Å². The average molecular weight is 372 g/mol. The molecule has 0 radical (unpaired) electrons. The topological polar surface area (TPSA) is 130 Å². The number of carbonyl (C=O) groups is 2. The zero-order valence-corrected chi connectivity index (χ0v) is 13.3. The molecule has 0 heterocycles. The SMILES string of the molecule is O=C(O)c1cc(S(=O)(=O)ONc2ccccc2C(=O)O)ccc1Cl. The molecule has 126 valence electrons. The quantitative estimate of drug-likeness (QED) is 0.660. The van der Waals surface area contributed by atoms with Gasteiger partial charge < -0.3 is 10.2 Å². The van der Waals surface area contributed by atoms with Gasteiger partial charge in [-0.1, -0.05) is 23.7 Å². The van der Waals surface area contributed by atoms with Crippen LogP contribution in [0.4, 0.5) is 5.69 Å². The maximum Gasteiger partial charge on any atom is 0.337 e. The first kappa shape index (κ1) is 17.7. The number of nitrogens with one attached hydrogen (secondary N) is 1. The zero-order chi connectivity index (χ0) is 17.9. The molecule has 0 spiro atoms. The summed E-state index contributed by atoms with van der Waals surface area (Å²) in [4.78, 5) is 21.6. The van der Waals surface area contributed by atoms with E-state index in [0.717, 1.165) is 18.2 Å². The Balaban J connectivity index is 2.29. The molecule has 8 nitrogen and oxygen atoms in total. The molecule has 0 amide bonds. The van der Waals surface area contributed by atoms with Crippen LogP contribution in [0.1, 0.15) is 20.7 Å². The van der Waals surface area contributed by atoms with E-state index in [4.69, 9.17) is 21.8 Å². The molecule has 0 aromatic heterocycles. The molecule has 0 saturated heterocycles. The number of hydrogen-bond donors (Lipinski definition) is 3. The van der Waals surface area contributed by atoms with Crippen LogP contribution in [0, 0.1) is 0 Å². The number of anilines is 1. The summed E-state index contributed by atoms with van der Waals surface area (Å²) in [6, 6.07) is 8.51. The van der Waals surface area contributed by atoms with Gasteiger partial charge in [0.25, 0.3) is 0 Å². The van der Waals surface area contributed by atoms with Crippen LogP contribution in [0.3, 0.4) is 0 Å². The lowest BCUT2D eigenvalue weighted by Gasteiger charge is -2.10. The van der Waals surface area contributed by atoms with E-state index >= 15 is 0 Å². The Hall–Kier alpha value is -2.62. The van der Waals surface area contributed by atoms with Crippen LogP contribution in [-0.4, -0.2) is 30.6 Å². The number of carboxylic acids is 2. The highest BCUT2D eigenvalue weighted by Gasteiger charge is 2.21. The summed E-state index contributed by atoms with van der Waals surface area (Å²) in [7, 11) is -4.40. The van der Waals surface area contributed by atoms with Crippen molar-refractivity contribution in [3.8, 4) is 0 Å². The molecule has 0 aliphatic carbocycles. The fourth-order valence-electron chi connectivity index (χ4n) is 1.73. The Morgan fingerprint density at radius 3 is 2.25 bits per heavy atom. The van der Waals surface area contributed by atoms with E-state index in [1.54, 1.807) is 0 Å². The van der Waals surface area contributed by atoms with Crippen LogP contribution in [0.2, 0.25) is 5.02 Å². The van der Waals surface area contributed by atoms with Crippen molar-refractivity contribution in [1.82, 2.24) is 0 Å². The molecule has 2 aromatic rings. The van der Waals surface area contributed by atoms with Crippen LogP contribution in [0.5, 0.6) is 0 Å². The molecule has 2 aromatic carbocycles. The monoisotopic (exact) mass is 371 g/mol. The molecule has 0 bridgehead atoms. The van der Waals surface area contributed by atoms with Crippen LogP contribution < -0.4 is 5.48 Å². The molecule has 3 N–H and O–H groups in total. The minimum absolute atomic E-state index is 0.0824. The highest BCUT2D eigenvalue weighted by atomic mass is 35.5. The first-order valence-corrected chi connectivity index (χ1v) is 8.05. The molecule has 24 heavy (non-hydrogen) atoms. The molecule has 0 atom stereocenters. The summed E-state index contributed by atoms with van der Waals surface area (Å²) in [5.41, 5.74) is 1.36. The van der Waals surface area contributed by atoms with Gasteiger partial charge in [0.1, 0.15) is 0 Å². The molecular formula is C14H10ClNO7S. The maximum atomic E-state index is 12.1. The molecule has 10 heteroatoms. The number of hydrogen-bond acceptors (Lipinski definition) is 6. The average Bonchev–Trinajstić information content (AvgIpc) is 2.53. The number of aromatic carboxylic acids is 2. The molecule has 0 saturated carbocycles. The number of benzene rings is 2. The van der Waals surface area contributed by atoms with Gasteiger partial charge in [-0.2, -0.15) is 8.42 Å². The van der Waals surface area contributed by atoms with E-state index < -0.39 is 32.5 Å². The second-order valence-corrected chi connectivity index (χ2v) is 6.39. The third-order valence-corrected chi connectivity index (χ3v) is 4.34. The standard InChI is InChI=1S/C14H10ClNO7S/c15-11-6-5-8(7-10(11)14(19)20)24(21,22)23-16-12-4-2-1-3-9(12)13(17)18/h1-7,16H,(H,17,18)(H,19,20). The fourth-order valence-corrected chi connectivity index (χ4v) is 2.72. The van der Waals surface area contributed by atoms with Crippen molar-refractivity contribution in [3.05, 3.63) is 58.6 Å². The molecule has 0 unspecified atom stereocenters. The van der Waals surface area contributed by atoms with Crippen molar-refractivity contribution >= 4 is 39.3 Å². The predicted molar refractivity (Wildman–Crippen MR) is 83.7 cm³/mol. The maximum absolute atomic E-state index is 12.1. The Labute approximate surface area is 141 Å². The van der Waals surface area contributed by atoms with Crippen molar-refractivity contribution in [2.75, 3.05) is 5.48 Å². The van der Waals surface area contributed by atoms with Crippen LogP contribution in [-0.2, 0) is 14.4 Å². The largest absolute Gasteiger partial charge is 0.478 e. The second-order valence-electron chi connectivity index (χ2n) is 4.44. The lowest BCUT2D eigenvalue weighted by atomic mass is 10.2. The summed E-state index contributed by atoms with van der Waals surface area (Å²) in [6.45, 7) is 0. The van der Waals surface area contributed by atoms with Gasteiger partial charge in [-0.15, -0.1) is 4.28 Å². The van der Waals surface area contributed by atoms with E-state index in [0.29, 0.717) is 0 Å². The molecule has 0 fully saturated rings. The number of para-hydroxylation sites is 1. The highest BCUT2D eigenvalue weighted by molar-refractivity contribution is 7.86. The van der Waals surface area contributed by atoms with Gasteiger partial charge in [-0.25, -0.2) is 15.1 Å². The van der Waals surface area contributed by atoms with E-state index in [2.05, 4.69) is 4.28 Å². The summed E-state index contributed by atoms with van der Waals surface area (Å²) < 4.78 is 28.8. The Morgan fingerprint density at radius 2 is 1.62 bits per heavy atom. The lowest BCUT2D eigenvalue weighted by Crippen LogP contribution is -2.14. The third-order valence-electron chi connectivity index (χ3n) is 2.88. The minimum Gasteiger partial charge on any atom is -0.478 e. The van der Waals surface area contributed by atoms with Crippen LogP contribution in [0.25, 0.3) is 0 Å². The van der Waals surface area contributed by atoms with Gasteiger partial charge in [-0.3, -0.25) is 0 Å². The summed E-state index contributed by atoms with van der Waals surface area (Å²) in [5.74, 6) is -2.68. The van der Waals surface area contributed by atoms with Crippen molar-refractivity contribution in [3.63, 3.8) is 0 Å². The first-order valence-electron chi connectivity index (χ1n) is 6.27. The van der Waals surface area contributed by atoms with Crippen molar-refractivity contribution in [2.45, 2.75) is 4.90 Å². The Kier molecular flexibility index (Phi) is 5.07. The lowest BCUT2D eigenvalue weighted by molar-refractivity contribution is 0.0686. The normalized spacial score (nSPS) is 11.0. The number of rotatable bonds is 6. The van der Waals surface area contributed by atoms with Gasteiger partial charge in [0.2, 0.25) is 0 Å². The summed E-state index contributed by atoms with van der Waals surface area (Å²) >= 11 is 5.67. The molecule has 0 aliphatic heterocycles. The molecule has 2 rings (SSSR count). The zero-order valence-electron chi connectivity index (χ0n) is 11.8. The van der Waals surface area contributed by atoms with E-state index in [1.807, 2.05) is 5.48 Å². The van der Waals surface area contributed by atoms with Crippen molar-refractivity contribution in [1.29, 1.82) is 0 Å². The summed E-state index contributed by atoms with van der Waals surface area (Å²) in [5, 5.41) is 17.8. The third kappa shape index (κ3) is 3.82. The van der Waals surface area contributed by atoms with Gasteiger partial charge in [-0.05, 0) is 30.3 Å². The first-order chi connectivity index (χ1) is 11.2. The van der Waals surface area contributed by atoms with Gasteiger partial charge in [0.05, 0.1) is 26.7 Å². The minimum atomic E-state index is -4.40. The van der Waals surface area contributed by atoms with Gasteiger partial charge in [0.15, 0.2) is 0 Å². The van der Waals surface area contributed by atoms with Crippen LogP contribution in [0.15, 0.2) is 47.4 Å². The van der Waals surface area contributed by atoms with Crippen molar-refractivity contribution < 1.29 is 32.5 Å². The molecular weight excluding hydrogens is 362 g/mol. The van der Waals surface area contributed by atoms with E-state index in [9.17, 15) is 18.0 Å². The van der Waals surface area contributed by atoms with Gasteiger partial charge >= 0.3 is 22.1 Å². The van der Waals surface area contributed by atoms with Crippen LogP contribution >= 0.6 is 11.6 Å². The Morgan fingerprint density at radius 1 is 1.00 bits per heavy atom. The highest BCUT2D eigenvalue weighted by Crippen LogP contribution is 2.23. The van der Waals surface area contributed by atoms with E-state index in [1.165, 1.54) is 24.3 Å². The molecule has 0 aliphatic rings. The van der Waals surface area contributed by atoms with Crippen molar-refractivity contribution in [2.24, 2.45) is 0 Å². The fraction of sp³-hybridized carbons (Fsp3) is 0. The van der Waals surface area contributed by atoms with Gasteiger partial charge in [0, 0.05) is 0 Å². The second kappa shape index (κ2) is 6.87.